The average molecular weight is 418 g/mol. The van der Waals surface area contributed by atoms with E-state index in [9.17, 15) is 18.0 Å². The molecule has 8 heteroatoms. The van der Waals surface area contributed by atoms with E-state index >= 15 is 0 Å². The number of anilines is 2. The van der Waals surface area contributed by atoms with Gasteiger partial charge >= 0.3 is 0 Å². The van der Waals surface area contributed by atoms with Gasteiger partial charge in [-0.3, -0.25) is 9.59 Å². The highest BCUT2D eigenvalue weighted by Crippen LogP contribution is 2.41. The van der Waals surface area contributed by atoms with E-state index in [-0.39, 0.29) is 22.3 Å². The van der Waals surface area contributed by atoms with Crippen LogP contribution in [0.25, 0.3) is 0 Å². The zero-order valence-corrected chi connectivity index (χ0v) is 17.8. The van der Waals surface area contributed by atoms with E-state index in [1.807, 2.05) is 20.8 Å². The minimum absolute atomic E-state index is 0.0529. The van der Waals surface area contributed by atoms with Gasteiger partial charge in [-0.2, -0.15) is 0 Å². The molecule has 29 heavy (non-hydrogen) atoms. The van der Waals surface area contributed by atoms with E-state index in [0.29, 0.717) is 23.8 Å². The summed E-state index contributed by atoms with van der Waals surface area (Å²) in [5.74, 6) is -1.06. The quantitative estimate of drug-likeness (QED) is 0.576. The topological polar surface area (TPSA) is 110 Å². The Kier molecular flexibility index (Phi) is 4.53. The molecule has 1 aliphatic carbocycles. The van der Waals surface area contributed by atoms with Gasteiger partial charge in [-0.25, -0.2) is 8.42 Å². The van der Waals surface area contributed by atoms with Gasteiger partial charge in [0, 0.05) is 17.9 Å². The van der Waals surface area contributed by atoms with Crippen LogP contribution in [0, 0.1) is 17.3 Å². The van der Waals surface area contributed by atoms with Crippen LogP contribution < -0.4 is 11.1 Å². The number of carbonyl (C=O) groups excluding carboxylic acids is 2. The number of sulfone groups is 1. The van der Waals surface area contributed by atoms with Gasteiger partial charge in [-0.15, -0.1) is 0 Å². The van der Waals surface area contributed by atoms with Gasteiger partial charge in [-0.05, 0) is 36.0 Å². The number of ketones is 1. The Bertz CT molecular complexity index is 1020. The van der Waals surface area contributed by atoms with Gasteiger partial charge in [0.2, 0.25) is 15.7 Å². The predicted molar refractivity (Wildman–Crippen MR) is 111 cm³/mol. The number of hydrogen-bond donors (Lipinski definition) is 2. The summed E-state index contributed by atoms with van der Waals surface area (Å²) in [6.45, 7) is 6.34. The molecule has 1 aromatic rings. The highest BCUT2D eigenvalue weighted by atomic mass is 32.2. The molecule has 1 saturated carbocycles. The van der Waals surface area contributed by atoms with Crippen molar-refractivity contribution in [3.63, 3.8) is 0 Å². The first kappa shape index (κ1) is 19.9. The number of Topliss-reactive ketones (excluding diaryl/α,β-unsaturated/α-hetero) is 1. The third kappa shape index (κ3) is 3.54. The normalized spacial score (nSPS) is 26.2. The molecule has 0 spiro atoms. The van der Waals surface area contributed by atoms with Crippen LogP contribution in [0.2, 0.25) is 0 Å². The first-order chi connectivity index (χ1) is 13.5. The van der Waals surface area contributed by atoms with Gasteiger partial charge in [-0.1, -0.05) is 33.6 Å². The lowest BCUT2D eigenvalue weighted by Gasteiger charge is -2.33. The summed E-state index contributed by atoms with van der Waals surface area (Å²) < 4.78 is 25.6. The number of fused-ring (bicyclic) bond motifs is 1. The number of benzene rings is 1. The monoisotopic (exact) mass is 417 g/mol. The first-order valence-corrected chi connectivity index (χ1v) is 11.5. The van der Waals surface area contributed by atoms with Crippen LogP contribution >= 0.6 is 0 Å². The van der Waals surface area contributed by atoms with E-state index in [1.54, 1.807) is 17.0 Å². The zero-order chi connectivity index (χ0) is 21.1. The second-order valence-electron chi connectivity index (χ2n) is 9.37. The predicted octanol–water partition coefficient (Wildman–Crippen LogP) is 2.55. The Labute approximate surface area is 171 Å². The Hall–Kier alpha value is -2.35. The Morgan fingerprint density at radius 1 is 1.21 bits per heavy atom. The fraction of sp³-hybridized carbons (Fsp3) is 0.524. The molecule has 7 nitrogen and oxygen atoms in total. The number of nitrogens with zero attached hydrogens (tertiary/aromatic N) is 1. The van der Waals surface area contributed by atoms with Crippen molar-refractivity contribution in [3.8, 4) is 0 Å². The average Bonchev–Trinajstić information content (AvgIpc) is 3.38. The first-order valence-electron chi connectivity index (χ1n) is 9.96. The Balaban J connectivity index is 1.70. The van der Waals surface area contributed by atoms with Crippen molar-refractivity contribution in [2.45, 2.75) is 51.0 Å². The summed E-state index contributed by atoms with van der Waals surface area (Å²) in [6, 6.07) is 3.95. The van der Waals surface area contributed by atoms with Crippen LogP contribution in [0.5, 0.6) is 0 Å². The van der Waals surface area contributed by atoms with E-state index in [0.717, 1.165) is 11.8 Å². The minimum Gasteiger partial charge on any atom is -0.399 e. The van der Waals surface area contributed by atoms with Crippen molar-refractivity contribution >= 4 is 32.9 Å². The number of hydrogen-bond acceptors (Lipinski definition) is 6. The lowest BCUT2D eigenvalue weighted by atomic mass is 9.82. The van der Waals surface area contributed by atoms with Gasteiger partial charge in [0.15, 0.2) is 5.78 Å². The largest absolute Gasteiger partial charge is 0.399 e. The molecule has 0 bridgehead atoms. The molecule has 3 N–H and O–H groups in total. The van der Waals surface area contributed by atoms with Crippen LogP contribution in [-0.4, -0.2) is 37.6 Å². The van der Waals surface area contributed by atoms with Gasteiger partial charge in [0.05, 0.1) is 22.0 Å². The molecule has 0 radical (unpaired) electrons. The van der Waals surface area contributed by atoms with E-state index in [4.69, 9.17) is 5.73 Å². The number of carbonyl (C=O) groups is 2. The van der Waals surface area contributed by atoms with E-state index in [2.05, 4.69) is 5.32 Å². The molecule has 2 atom stereocenters. The molecule has 1 aromatic carbocycles. The summed E-state index contributed by atoms with van der Waals surface area (Å²) in [6.07, 6.45) is 3.22. The fourth-order valence-electron chi connectivity index (χ4n) is 4.31. The van der Waals surface area contributed by atoms with Crippen molar-refractivity contribution in [1.29, 1.82) is 0 Å². The smallest absolute Gasteiger partial charge is 0.239 e. The lowest BCUT2D eigenvalue weighted by molar-refractivity contribution is -0.132. The van der Waals surface area contributed by atoms with Crippen molar-refractivity contribution in [2.24, 2.45) is 17.3 Å². The maximum Gasteiger partial charge on any atom is 0.239 e. The molecular formula is C21H27N3O4S. The zero-order valence-electron chi connectivity index (χ0n) is 16.9. The molecule has 0 aromatic heterocycles. The Morgan fingerprint density at radius 3 is 2.52 bits per heavy atom. The van der Waals surface area contributed by atoms with Crippen molar-refractivity contribution in [2.75, 3.05) is 17.6 Å². The third-order valence-corrected chi connectivity index (χ3v) is 7.39. The minimum atomic E-state index is -3.81. The standard InChI is InChI=1S/C21H27N3O4S/c1-21(2,3)19-18(25)17(20(26)24(19)9-8-12-4-5-12)15-11-29(27,28)16-10-13(22)6-7-14(16)23-15/h6-7,10-12,17,19,23H,4-5,8-9,22H2,1-3H3/t17?,19-/m1/s1. The van der Waals surface area contributed by atoms with Crippen LogP contribution in [0.3, 0.4) is 0 Å². The van der Waals surface area contributed by atoms with Crippen LogP contribution in [-0.2, 0) is 19.4 Å². The summed E-state index contributed by atoms with van der Waals surface area (Å²) in [5, 5.41) is 4.02. The molecule has 2 fully saturated rings. The van der Waals surface area contributed by atoms with E-state index < -0.39 is 27.2 Å². The van der Waals surface area contributed by atoms with Gasteiger partial charge < -0.3 is 16.0 Å². The second-order valence-corrected chi connectivity index (χ2v) is 11.1. The number of nitrogens with two attached hydrogens (primary N) is 1. The second kappa shape index (κ2) is 6.58. The third-order valence-electron chi connectivity index (χ3n) is 5.88. The maximum absolute atomic E-state index is 13.4. The van der Waals surface area contributed by atoms with Crippen LogP contribution in [0.15, 0.2) is 34.2 Å². The molecule has 156 valence electrons. The molecular weight excluding hydrogens is 390 g/mol. The molecule has 4 rings (SSSR count). The molecule has 2 aliphatic heterocycles. The fourth-order valence-corrected chi connectivity index (χ4v) is 5.69. The molecule has 1 unspecified atom stereocenters. The van der Waals surface area contributed by atoms with Crippen molar-refractivity contribution in [1.82, 2.24) is 4.90 Å². The molecule has 2 heterocycles. The van der Waals surface area contributed by atoms with Crippen LogP contribution in [0.4, 0.5) is 11.4 Å². The Morgan fingerprint density at radius 2 is 1.90 bits per heavy atom. The van der Waals surface area contributed by atoms with Crippen LogP contribution in [0.1, 0.15) is 40.0 Å². The summed E-state index contributed by atoms with van der Waals surface area (Å²) in [4.78, 5) is 28.4. The number of rotatable bonds is 4. The molecule has 1 amide bonds. The SMILES string of the molecule is CC(C)(C)[C@H]1C(=O)C(C2=CS(=O)(=O)c3cc(N)ccc3N2)C(=O)N1CCC1CC1. The molecule has 3 aliphatic rings. The van der Waals surface area contributed by atoms with Gasteiger partial charge in [0.25, 0.3) is 0 Å². The summed E-state index contributed by atoms with van der Waals surface area (Å²) in [7, 11) is -3.81. The van der Waals surface area contributed by atoms with Crippen molar-refractivity contribution in [3.05, 3.63) is 29.3 Å². The summed E-state index contributed by atoms with van der Waals surface area (Å²) in [5.41, 5.74) is 6.08. The maximum atomic E-state index is 13.4. The van der Waals surface area contributed by atoms with Gasteiger partial charge in [0.1, 0.15) is 5.92 Å². The lowest BCUT2D eigenvalue weighted by Crippen LogP contribution is -2.45. The van der Waals surface area contributed by atoms with E-state index in [1.165, 1.54) is 18.9 Å². The number of amides is 1. The molecule has 1 saturated heterocycles. The number of likely N-dealkylation sites (tertiary alicyclic amines) is 1. The summed E-state index contributed by atoms with van der Waals surface area (Å²) >= 11 is 0. The highest BCUT2D eigenvalue weighted by Gasteiger charge is 2.53. The van der Waals surface area contributed by atoms with Crippen molar-refractivity contribution < 1.29 is 18.0 Å². The number of nitrogens with one attached hydrogen (secondary N) is 1. The number of nitrogen functional groups attached to an aromatic ring is 1. The highest BCUT2D eigenvalue weighted by molar-refractivity contribution is 7.94.